The summed E-state index contributed by atoms with van der Waals surface area (Å²) in [4.78, 5) is 17.1. The lowest BCUT2D eigenvalue weighted by Crippen LogP contribution is -2.38. The second-order valence-electron chi connectivity index (χ2n) is 10.3. The van der Waals surface area contributed by atoms with Crippen LogP contribution in [0.4, 0.5) is 11.8 Å². The number of anilines is 2. The second-order valence-corrected chi connectivity index (χ2v) is 10.3. The molecule has 3 aliphatic rings. The Morgan fingerprint density at radius 2 is 1.73 bits per heavy atom. The number of unbranched alkanes of at least 4 members (excludes halogenated alkanes) is 1. The summed E-state index contributed by atoms with van der Waals surface area (Å²) in [6.45, 7) is 4.14. The molecule has 178 valence electrons. The molecule has 6 heteroatoms. The number of fused-ring (bicyclic) bond motifs is 2. The Labute approximate surface area is 199 Å². The van der Waals surface area contributed by atoms with Crippen LogP contribution in [0.2, 0.25) is 0 Å². The van der Waals surface area contributed by atoms with E-state index in [4.69, 9.17) is 9.97 Å². The third kappa shape index (κ3) is 5.48. The lowest BCUT2D eigenvalue weighted by Gasteiger charge is -2.34. The SMILES string of the molecule is CCCCNc1ncc(-c2ccc(CN3C4CCCC3CC4)cn2)c(NC2CCCCC2)n1. The van der Waals surface area contributed by atoms with Crippen molar-refractivity contribution in [3.8, 4) is 11.3 Å². The molecule has 2 aliphatic heterocycles. The largest absolute Gasteiger partial charge is 0.367 e. The Balaban J connectivity index is 1.33. The van der Waals surface area contributed by atoms with Crippen molar-refractivity contribution < 1.29 is 0 Å². The zero-order valence-electron chi connectivity index (χ0n) is 20.2. The molecule has 0 aromatic carbocycles. The zero-order valence-corrected chi connectivity index (χ0v) is 20.2. The Morgan fingerprint density at radius 1 is 0.909 bits per heavy atom. The van der Waals surface area contributed by atoms with Crippen LogP contribution in [0.15, 0.2) is 24.5 Å². The van der Waals surface area contributed by atoms with E-state index < -0.39 is 0 Å². The highest BCUT2D eigenvalue weighted by molar-refractivity contribution is 5.73. The lowest BCUT2D eigenvalue weighted by atomic mass is 9.95. The van der Waals surface area contributed by atoms with Gasteiger partial charge in [-0.05, 0) is 56.6 Å². The summed E-state index contributed by atoms with van der Waals surface area (Å²) in [6, 6.07) is 6.49. The van der Waals surface area contributed by atoms with Crippen LogP contribution in [0.25, 0.3) is 11.3 Å². The van der Waals surface area contributed by atoms with Crippen LogP contribution in [-0.2, 0) is 6.54 Å². The first kappa shape index (κ1) is 22.6. The monoisotopic (exact) mass is 448 g/mol. The molecule has 33 heavy (non-hydrogen) atoms. The quantitative estimate of drug-likeness (QED) is 0.458. The average molecular weight is 449 g/mol. The number of rotatable bonds is 9. The molecule has 1 saturated carbocycles. The number of piperidine rings is 1. The van der Waals surface area contributed by atoms with Crippen LogP contribution >= 0.6 is 0 Å². The maximum absolute atomic E-state index is 4.88. The van der Waals surface area contributed by atoms with Gasteiger partial charge < -0.3 is 10.6 Å². The lowest BCUT2D eigenvalue weighted by molar-refractivity contribution is 0.132. The highest BCUT2D eigenvalue weighted by Crippen LogP contribution is 2.36. The van der Waals surface area contributed by atoms with E-state index in [9.17, 15) is 0 Å². The summed E-state index contributed by atoms with van der Waals surface area (Å²) in [6.07, 6.45) is 19.6. The molecule has 5 rings (SSSR count). The van der Waals surface area contributed by atoms with Gasteiger partial charge in [-0.25, -0.2) is 4.98 Å². The van der Waals surface area contributed by atoms with Crippen molar-refractivity contribution in [3.05, 3.63) is 30.1 Å². The molecular formula is C27H40N6. The molecule has 1 aliphatic carbocycles. The first-order chi connectivity index (χ1) is 16.3. The maximum atomic E-state index is 4.88. The summed E-state index contributed by atoms with van der Waals surface area (Å²) >= 11 is 0. The van der Waals surface area contributed by atoms with Gasteiger partial charge in [-0.3, -0.25) is 9.88 Å². The first-order valence-electron chi connectivity index (χ1n) is 13.4. The van der Waals surface area contributed by atoms with Gasteiger partial charge in [-0.2, -0.15) is 4.98 Å². The summed E-state index contributed by atoms with van der Waals surface area (Å²) in [5.41, 5.74) is 3.28. The molecule has 2 saturated heterocycles. The molecule has 2 unspecified atom stereocenters. The van der Waals surface area contributed by atoms with Crippen molar-refractivity contribution in [3.63, 3.8) is 0 Å². The molecular weight excluding hydrogens is 408 g/mol. The molecule has 3 fully saturated rings. The Bertz CT molecular complexity index is 876. The molecule has 2 atom stereocenters. The van der Waals surface area contributed by atoms with Crippen molar-refractivity contribution in [2.75, 3.05) is 17.2 Å². The summed E-state index contributed by atoms with van der Waals surface area (Å²) < 4.78 is 0. The third-order valence-electron chi connectivity index (χ3n) is 7.86. The predicted octanol–water partition coefficient (Wildman–Crippen LogP) is 6.01. The normalized spacial score (nSPS) is 23.5. The Hall–Kier alpha value is -2.21. The number of pyridine rings is 1. The van der Waals surface area contributed by atoms with Gasteiger partial charge in [0.2, 0.25) is 5.95 Å². The number of hydrogen-bond donors (Lipinski definition) is 2. The van der Waals surface area contributed by atoms with Crippen molar-refractivity contribution in [1.82, 2.24) is 19.9 Å². The molecule has 0 spiro atoms. The smallest absolute Gasteiger partial charge is 0.224 e. The van der Waals surface area contributed by atoms with Crippen molar-refractivity contribution in [2.24, 2.45) is 0 Å². The van der Waals surface area contributed by atoms with Gasteiger partial charge in [-0.1, -0.05) is 45.1 Å². The van der Waals surface area contributed by atoms with Gasteiger partial charge in [-0.15, -0.1) is 0 Å². The molecule has 0 amide bonds. The van der Waals surface area contributed by atoms with Crippen LogP contribution in [0.3, 0.4) is 0 Å². The topological polar surface area (TPSA) is 66.0 Å². The van der Waals surface area contributed by atoms with Crippen LogP contribution in [0, 0.1) is 0 Å². The molecule has 2 N–H and O–H groups in total. The van der Waals surface area contributed by atoms with Crippen LogP contribution in [0.5, 0.6) is 0 Å². The van der Waals surface area contributed by atoms with Gasteiger partial charge in [0.25, 0.3) is 0 Å². The van der Waals surface area contributed by atoms with Crippen molar-refractivity contribution in [1.29, 1.82) is 0 Å². The summed E-state index contributed by atoms with van der Waals surface area (Å²) in [5.74, 6) is 1.63. The van der Waals surface area contributed by atoms with E-state index in [2.05, 4.69) is 45.8 Å². The highest BCUT2D eigenvalue weighted by Gasteiger charge is 2.36. The van der Waals surface area contributed by atoms with Gasteiger partial charge in [0.1, 0.15) is 5.82 Å². The van der Waals surface area contributed by atoms with E-state index in [0.29, 0.717) is 12.0 Å². The van der Waals surface area contributed by atoms with E-state index in [1.54, 1.807) is 0 Å². The van der Waals surface area contributed by atoms with Gasteiger partial charge in [0.05, 0.1) is 11.3 Å². The first-order valence-corrected chi connectivity index (χ1v) is 13.4. The minimum absolute atomic E-state index is 0.491. The van der Waals surface area contributed by atoms with E-state index in [0.717, 1.165) is 55.1 Å². The van der Waals surface area contributed by atoms with Crippen molar-refractivity contribution in [2.45, 2.75) is 109 Å². The number of aromatic nitrogens is 3. The van der Waals surface area contributed by atoms with Crippen LogP contribution in [-0.4, -0.2) is 44.5 Å². The van der Waals surface area contributed by atoms with Gasteiger partial charge in [0.15, 0.2) is 0 Å². The zero-order chi connectivity index (χ0) is 22.5. The highest BCUT2D eigenvalue weighted by atomic mass is 15.2. The standard InChI is InChI=1S/C27H40N6/c1-2-3-16-28-27-30-18-24(26(32-27)31-21-8-5-4-6-9-21)25-15-12-20(17-29-25)19-33-22-10-7-11-23(33)14-13-22/h12,15,17-18,21-23H,2-11,13-14,16,19H2,1H3,(H2,28,30,31,32). The third-order valence-corrected chi connectivity index (χ3v) is 7.86. The summed E-state index contributed by atoms with van der Waals surface area (Å²) in [7, 11) is 0. The molecule has 2 aromatic rings. The molecule has 6 nitrogen and oxygen atoms in total. The van der Waals surface area contributed by atoms with E-state index >= 15 is 0 Å². The number of nitrogens with zero attached hydrogens (tertiary/aromatic N) is 4. The van der Waals surface area contributed by atoms with Crippen molar-refractivity contribution >= 4 is 11.8 Å². The molecule has 4 heterocycles. The Morgan fingerprint density at radius 3 is 2.45 bits per heavy atom. The van der Waals surface area contributed by atoms with E-state index in [1.807, 2.05) is 6.20 Å². The molecule has 0 radical (unpaired) electrons. The molecule has 2 aromatic heterocycles. The summed E-state index contributed by atoms with van der Waals surface area (Å²) in [5, 5.41) is 7.12. The fourth-order valence-corrected chi connectivity index (χ4v) is 5.95. The average Bonchev–Trinajstić information content (AvgIpc) is 3.06. The second kappa shape index (κ2) is 10.8. The molecule has 2 bridgehead atoms. The maximum Gasteiger partial charge on any atom is 0.224 e. The fourth-order valence-electron chi connectivity index (χ4n) is 5.95. The number of hydrogen-bond acceptors (Lipinski definition) is 6. The van der Waals surface area contributed by atoms with Crippen LogP contribution in [0.1, 0.15) is 89.5 Å². The minimum Gasteiger partial charge on any atom is -0.367 e. The fraction of sp³-hybridized carbons (Fsp3) is 0.667. The number of nitrogens with one attached hydrogen (secondary N) is 2. The predicted molar refractivity (Wildman–Crippen MR) is 135 cm³/mol. The van der Waals surface area contributed by atoms with Gasteiger partial charge in [0, 0.05) is 43.6 Å². The minimum atomic E-state index is 0.491. The Kier molecular flexibility index (Phi) is 7.40. The van der Waals surface area contributed by atoms with E-state index in [-0.39, 0.29) is 0 Å². The van der Waals surface area contributed by atoms with Crippen LogP contribution < -0.4 is 10.6 Å². The van der Waals surface area contributed by atoms with E-state index in [1.165, 1.54) is 69.8 Å². The van der Waals surface area contributed by atoms with Gasteiger partial charge >= 0.3 is 0 Å².